The molecule has 1 unspecified atom stereocenters. The summed E-state index contributed by atoms with van der Waals surface area (Å²) in [6.07, 6.45) is 6.62. The van der Waals surface area contributed by atoms with Gasteiger partial charge in [0.15, 0.2) is 5.65 Å². The second-order valence-electron chi connectivity index (χ2n) is 11.6. The lowest BCUT2D eigenvalue weighted by molar-refractivity contribution is 0.0892. The fourth-order valence-corrected chi connectivity index (χ4v) is 5.81. The van der Waals surface area contributed by atoms with Crippen LogP contribution in [0.2, 0.25) is 25.7 Å². The number of rotatable bonds is 9. The Bertz CT molecular complexity index is 1720. The Morgan fingerprint density at radius 2 is 1.95 bits per heavy atom. The smallest absolute Gasteiger partial charge is 0.158 e. The molecule has 40 heavy (non-hydrogen) atoms. The van der Waals surface area contributed by atoms with E-state index < -0.39 is 8.07 Å². The quantitative estimate of drug-likeness (QED) is 0.169. The summed E-state index contributed by atoms with van der Waals surface area (Å²) < 4.78 is 10.1. The number of ether oxygens (including phenoxy) is 1. The van der Waals surface area contributed by atoms with Crippen LogP contribution in [0.15, 0.2) is 60.9 Å². The van der Waals surface area contributed by atoms with Gasteiger partial charge >= 0.3 is 0 Å². The summed E-state index contributed by atoms with van der Waals surface area (Å²) in [5, 5.41) is 19.3. The fourth-order valence-electron chi connectivity index (χ4n) is 5.05. The van der Waals surface area contributed by atoms with Crippen molar-refractivity contribution in [1.82, 2.24) is 29.1 Å². The molecule has 1 atom stereocenters. The minimum atomic E-state index is -1.20. The van der Waals surface area contributed by atoms with Crippen LogP contribution in [0.25, 0.3) is 33.6 Å². The lowest BCUT2D eigenvalue weighted by atomic mass is 10.1. The molecule has 0 saturated carbocycles. The van der Waals surface area contributed by atoms with Crippen LogP contribution >= 0.6 is 0 Å². The first-order valence-electron chi connectivity index (χ1n) is 13.7. The predicted molar refractivity (Wildman–Crippen MR) is 161 cm³/mol. The molecule has 1 aliphatic carbocycles. The summed E-state index contributed by atoms with van der Waals surface area (Å²) in [6, 6.07) is 15.0. The molecule has 0 saturated heterocycles. The molecule has 9 nitrogen and oxygen atoms in total. The number of hydrogen-bond acceptors (Lipinski definition) is 7. The van der Waals surface area contributed by atoms with Gasteiger partial charge in [-0.25, -0.2) is 9.97 Å². The third kappa shape index (κ3) is 5.42. The summed E-state index contributed by atoms with van der Waals surface area (Å²) in [4.78, 5) is 14.2. The normalized spacial score (nSPS) is 15.7. The second kappa shape index (κ2) is 10.6. The van der Waals surface area contributed by atoms with Gasteiger partial charge in [0.25, 0.3) is 0 Å². The molecule has 5 heterocycles. The number of anilines is 2. The van der Waals surface area contributed by atoms with E-state index in [1.165, 1.54) is 0 Å². The highest BCUT2D eigenvalue weighted by molar-refractivity contribution is 6.76. The van der Waals surface area contributed by atoms with Crippen LogP contribution in [0.4, 0.5) is 11.5 Å². The number of aryl methyl sites for hydroxylation is 1. The Kier molecular flexibility index (Phi) is 6.99. The monoisotopic (exact) mass is 553 g/mol. The van der Waals surface area contributed by atoms with Gasteiger partial charge in [-0.2, -0.15) is 9.61 Å². The Balaban J connectivity index is 1.40. The maximum absolute atomic E-state index is 10.3. The number of hydrogen-bond donors (Lipinski definition) is 2. The Morgan fingerprint density at radius 3 is 2.73 bits per heavy atom. The second-order valence-corrected chi connectivity index (χ2v) is 17.3. The number of pyridine rings is 2. The molecule has 5 aromatic heterocycles. The molecule has 6 rings (SSSR count). The highest BCUT2D eigenvalue weighted by atomic mass is 28.3. The highest BCUT2D eigenvalue weighted by Gasteiger charge is 2.22. The average Bonchev–Trinajstić information content (AvgIpc) is 3.65. The van der Waals surface area contributed by atoms with Gasteiger partial charge in [-0.1, -0.05) is 31.8 Å². The third-order valence-electron chi connectivity index (χ3n) is 7.21. The minimum absolute atomic E-state index is 0.349. The number of nitrogens with one attached hydrogen (secondary N) is 1. The molecule has 0 fully saturated rings. The van der Waals surface area contributed by atoms with Gasteiger partial charge in [-0.3, -0.25) is 4.98 Å². The topological polar surface area (TPSA) is 102 Å². The van der Waals surface area contributed by atoms with E-state index in [0.29, 0.717) is 19.6 Å². The van der Waals surface area contributed by atoms with Gasteiger partial charge in [0.1, 0.15) is 18.2 Å². The predicted octanol–water partition coefficient (Wildman–Crippen LogP) is 6.04. The van der Waals surface area contributed by atoms with Crippen molar-refractivity contribution in [1.29, 1.82) is 0 Å². The lowest BCUT2D eigenvalue weighted by Gasteiger charge is -2.17. The number of aliphatic hydroxyl groups is 1. The van der Waals surface area contributed by atoms with E-state index in [9.17, 15) is 5.11 Å². The molecule has 1 aliphatic rings. The first-order valence-corrected chi connectivity index (χ1v) is 17.5. The largest absolute Gasteiger partial charge is 0.392 e. The zero-order valence-electron chi connectivity index (χ0n) is 23.4. The van der Waals surface area contributed by atoms with Crippen molar-refractivity contribution in [2.24, 2.45) is 0 Å². The molecule has 0 bridgehead atoms. The van der Waals surface area contributed by atoms with Gasteiger partial charge in [0, 0.05) is 56.2 Å². The van der Waals surface area contributed by atoms with Crippen LogP contribution in [0.3, 0.4) is 0 Å². The molecule has 0 amide bonds. The van der Waals surface area contributed by atoms with E-state index in [1.807, 2.05) is 49.5 Å². The van der Waals surface area contributed by atoms with Gasteiger partial charge < -0.3 is 19.7 Å². The van der Waals surface area contributed by atoms with Gasteiger partial charge in [0.05, 0.1) is 29.4 Å². The summed E-state index contributed by atoms with van der Waals surface area (Å²) in [5.74, 6) is 0.775. The van der Waals surface area contributed by atoms with Gasteiger partial charge in [-0.15, -0.1) is 0 Å². The van der Waals surface area contributed by atoms with Crippen LogP contribution in [0.5, 0.6) is 0 Å². The fraction of sp³-hybridized carbons (Fsp3) is 0.333. The third-order valence-corrected chi connectivity index (χ3v) is 8.91. The lowest BCUT2D eigenvalue weighted by Crippen LogP contribution is -2.22. The van der Waals surface area contributed by atoms with Gasteiger partial charge in [-0.05, 0) is 49.2 Å². The van der Waals surface area contributed by atoms with Crippen LogP contribution in [0.1, 0.15) is 24.2 Å². The summed E-state index contributed by atoms with van der Waals surface area (Å²) in [5.41, 5.74) is 7.13. The van der Waals surface area contributed by atoms with E-state index in [1.54, 1.807) is 10.7 Å². The molecular weight excluding hydrogens is 518 g/mol. The standard InChI is InChI=1S/C30H35N7O2Si/c1-20-6-5-7-25(33-20)26-18-29(37-28(35-26)11-13-32-37)34-24-10-12-31-30-23(24)17-27(21-8-9-22(38)16-21)36(30)19-39-14-15-40(2,3)4/h5-8,10-13,17-18,22,38H,9,14-16,19H2,1-4H3,(H,31,34). The van der Waals surface area contributed by atoms with Crippen molar-refractivity contribution in [2.75, 3.05) is 11.9 Å². The van der Waals surface area contributed by atoms with Crippen LogP contribution in [0, 0.1) is 6.92 Å². The number of aromatic nitrogens is 6. The van der Waals surface area contributed by atoms with Gasteiger partial charge in [0.2, 0.25) is 0 Å². The zero-order chi connectivity index (χ0) is 27.9. The molecule has 0 aliphatic heterocycles. The van der Waals surface area contributed by atoms with Crippen molar-refractivity contribution in [3.05, 3.63) is 72.3 Å². The number of aliphatic hydroxyl groups excluding tert-OH is 1. The summed E-state index contributed by atoms with van der Waals surface area (Å²) in [7, 11) is -1.20. The average molecular weight is 554 g/mol. The zero-order valence-corrected chi connectivity index (χ0v) is 24.4. The Morgan fingerprint density at radius 1 is 1.07 bits per heavy atom. The van der Waals surface area contributed by atoms with E-state index in [4.69, 9.17) is 14.7 Å². The van der Waals surface area contributed by atoms with Crippen LogP contribution in [-0.4, -0.2) is 55.0 Å². The molecule has 2 N–H and O–H groups in total. The molecule has 0 radical (unpaired) electrons. The van der Waals surface area contributed by atoms with E-state index >= 15 is 0 Å². The summed E-state index contributed by atoms with van der Waals surface area (Å²) >= 11 is 0. The van der Waals surface area contributed by atoms with E-state index in [2.05, 4.69) is 51.7 Å². The molecule has 0 spiro atoms. The van der Waals surface area contributed by atoms with Crippen molar-refractivity contribution in [2.45, 2.75) is 58.3 Å². The first kappa shape index (κ1) is 26.4. The van der Waals surface area contributed by atoms with Crippen molar-refractivity contribution >= 4 is 41.8 Å². The van der Waals surface area contributed by atoms with Crippen molar-refractivity contribution in [3.63, 3.8) is 0 Å². The Hall–Kier alpha value is -3.86. The molecule has 10 heteroatoms. The van der Waals surface area contributed by atoms with Crippen molar-refractivity contribution in [3.8, 4) is 11.4 Å². The van der Waals surface area contributed by atoms with Crippen LogP contribution in [-0.2, 0) is 11.5 Å². The van der Waals surface area contributed by atoms with Crippen molar-refractivity contribution < 1.29 is 9.84 Å². The Labute approximate surface area is 234 Å². The highest BCUT2D eigenvalue weighted by Crippen LogP contribution is 2.35. The SMILES string of the molecule is Cc1cccc(-c2cc(Nc3ccnc4c3cc(C3=CCC(O)C3)n4COCC[Si](C)(C)C)n3nccc3n2)n1. The maximum Gasteiger partial charge on any atom is 0.158 e. The molecular formula is C30H35N7O2Si. The van der Waals surface area contributed by atoms with E-state index in [0.717, 1.165) is 69.2 Å². The van der Waals surface area contributed by atoms with E-state index in [-0.39, 0.29) is 6.10 Å². The molecule has 206 valence electrons. The number of nitrogens with zero attached hydrogens (tertiary/aromatic N) is 6. The molecule has 5 aromatic rings. The molecule has 0 aromatic carbocycles. The summed E-state index contributed by atoms with van der Waals surface area (Å²) in [6.45, 7) is 10.2. The minimum Gasteiger partial charge on any atom is -0.392 e. The first-order chi connectivity index (χ1) is 19.2. The number of fused-ring (bicyclic) bond motifs is 2. The van der Waals surface area contributed by atoms with Crippen LogP contribution < -0.4 is 5.32 Å². The maximum atomic E-state index is 10.3.